The number of benzene rings is 2. The van der Waals surface area contributed by atoms with E-state index in [1.54, 1.807) is 23.9 Å². The summed E-state index contributed by atoms with van der Waals surface area (Å²) in [4.78, 5) is 13.5. The molecule has 1 aliphatic carbocycles. The van der Waals surface area contributed by atoms with Crippen LogP contribution < -0.4 is 11.1 Å². The van der Waals surface area contributed by atoms with Gasteiger partial charge in [-0.2, -0.15) is 5.10 Å². The van der Waals surface area contributed by atoms with Gasteiger partial charge in [0.25, 0.3) is 0 Å². The summed E-state index contributed by atoms with van der Waals surface area (Å²) in [5, 5.41) is 7.25. The number of hydrogen-bond donors (Lipinski definition) is 2. The third-order valence-corrected chi connectivity index (χ3v) is 6.35. The highest BCUT2D eigenvalue weighted by Crippen LogP contribution is 2.30. The van der Waals surface area contributed by atoms with Gasteiger partial charge in [-0.05, 0) is 68.0 Å². The van der Waals surface area contributed by atoms with Crippen LogP contribution in [0, 0.1) is 5.82 Å². The summed E-state index contributed by atoms with van der Waals surface area (Å²) in [5.41, 5.74) is 9.45. The Labute approximate surface area is 199 Å². The number of hydrogen-bond acceptors (Lipinski definition) is 4. The number of nitrogens with two attached hydrogens (primary N) is 1. The number of methoxy groups -OCH3 is 1. The lowest BCUT2D eigenvalue weighted by Gasteiger charge is -2.15. The summed E-state index contributed by atoms with van der Waals surface area (Å²) in [6.07, 6.45) is 4.11. The monoisotopic (exact) mass is 465 g/mol. The van der Waals surface area contributed by atoms with E-state index in [9.17, 15) is 9.18 Å². The maximum atomic E-state index is 13.1. The SMILES string of the molecule is COCCN1CCC(c2cccc(F)c2)C1.NC(=O)Nc1c2c(nn1-c1ccccc1)CCC2. The van der Waals surface area contributed by atoms with Crippen molar-refractivity contribution in [1.82, 2.24) is 14.7 Å². The Morgan fingerprint density at radius 3 is 2.76 bits per heavy atom. The Kier molecular flexibility index (Phi) is 7.92. The molecule has 1 atom stereocenters. The number of aromatic nitrogens is 2. The number of anilines is 1. The first-order chi connectivity index (χ1) is 16.5. The highest BCUT2D eigenvalue weighted by molar-refractivity contribution is 5.88. The fraction of sp³-hybridized carbons (Fsp3) is 0.385. The number of rotatable bonds is 6. The van der Waals surface area contributed by atoms with Gasteiger partial charge >= 0.3 is 6.03 Å². The molecule has 34 heavy (non-hydrogen) atoms. The number of primary amides is 1. The first kappa shape index (κ1) is 23.9. The van der Waals surface area contributed by atoms with Crippen LogP contribution in [0.1, 0.15) is 35.6 Å². The second kappa shape index (κ2) is 11.3. The van der Waals surface area contributed by atoms with Gasteiger partial charge < -0.3 is 15.4 Å². The quantitative estimate of drug-likeness (QED) is 0.574. The highest BCUT2D eigenvalue weighted by atomic mass is 19.1. The second-order valence-corrected chi connectivity index (χ2v) is 8.70. The molecule has 1 aliphatic heterocycles. The number of ether oxygens (including phenoxy) is 1. The van der Waals surface area contributed by atoms with Crippen molar-refractivity contribution in [2.75, 3.05) is 38.7 Å². The van der Waals surface area contributed by atoms with Crippen LogP contribution in [0.2, 0.25) is 0 Å². The fourth-order valence-corrected chi connectivity index (χ4v) is 4.68. The Balaban J connectivity index is 0.000000162. The second-order valence-electron chi connectivity index (χ2n) is 8.70. The number of urea groups is 1. The van der Waals surface area contributed by atoms with Crippen LogP contribution in [0.5, 0.6) is 0 Å². The van der Waals surface area contributed by atoms with Crippen LogP contribution in [0.3, 0.4) is 0 Å². The maximum Gasteiger partial charge on any atom is 0.317 e. The minimum Gasteiger partial charge on any atom is -0.383 e. The van der Waals surface area contributed by atoms with Crippen molar-refractivity contribution in [2.45, 2.75) is 31.6 Å². The average Bonchev–Trinajstić information content (AvgIpc) is 3.56. The Bertz CT molecular complexity index is 1100. The molecule has 0 spiro atoms. The van der Waals surface area contributed by atoms with Gasteiger partial charge in [0, 0.05) is 25.8 Å². The molecular formula is C26H32FN5O2. The lowest BCUT2D eigenvalue weighted by Crippen LogP contribution is -2.24. The molecule has 1 aromatic heterocycles. The molecule has 7 nitrogen and oxygen atoms in total. The molecule has 1 saturated heterocycles. The van der Waals surface area contributed by atoms with Crippen molar-refractivity contribution in [2.24, 2.45) is 5.73 Å². The van der Waals surface area contributed by atoms with Crippen LogP contribution in [0.25, 0.3) is 5.69 Å². The zero-order valence-electron chi connectivity index (χ0n) is 19.5. The van der Waals surface area contributed by atoms with E-state index in [4.69, 9.17) is 10.5 Å². The summed E-state index contributed by atoms with van der Waals surface area (Å²) in [5.74, 6) is 1.06. The third-order valence-electron chi connectivity index (χ3n) is 6.35. The molecular weight excluding hydrogens is 433 g/mol. The lowest BCUT2D eigenvalue weighted by atomic mass is 9.98. The number of fused-ring (bicyclic) bond motifs is 1. The average molecular weight is 466 g/mol. The molecule has 0 radical (unpaired) electrons. The van der Waals surface area contributed by atoms with Gasteiger partial charge in [-0.3, -0.25) is 5.32 Å². The number of aryl methyl sites for hydroxylation is 1. The van der Waals surface area contributed by atoms with E-state index in [0.29, 0.717) is 11.7 Å². The summed E-state index contributed by atoms with van der Waals surface area (Å²) < 4.78 is 19.9. The van der Waals surface area contributed by atoms with Gasteiger partial charge in [-0.1, -0.05) is 30.3 Å². The van der Waals surface area contributed by atoms with Crippen molar-refractivity contribution in [1.29, 1.82) is 0 Å². The Hall–Kier alpha value is -3.23. The Morgan fingerprint density at radius 1 is 1.21 bits per heavy atom. The summed E-state index contributed by atoms with van der Waals surface area (Å²) in [6, 6.07) is 16.2. The summed E-state index contributed by atoms with van der Waals surface area (Å²) >= 11 is 0. The van der Waals surface area contributed by atoms with Crippen molar-refractivity contribution in [3.8, 4) is 5.69 Å². The molecule has 3 N–H and O–H groups in total. The number of carbonyl (C=O) groups is 1. The molecule has 2 heterocycles. The summed E-state index contributed by atoms with van der Waals surface area (Å²) in [7, 11) is 1.72. The molecule has 5 rings (SSSR count). The van der Waals surface area contributed by atoms with E-state index in [1.807, 2.05) is 36.4 Å². The standard InChI is InChI=1S/C13H18FNO.C13H14N4O/c1-16-8-7-15-6-5-12(10-15)11-3-2-4-13(14)9-11;14-13(18)15-12-10-7-4-8-11(10)16-17(12)9-5-2-1-3-6-9/h2-4,9,12H,5-8,10H2,1H3;1-3,5-6H,4,7-8H2,(H3,14,15,18). The number of likely N-dealkylation sites (tertiary alicyclic amines) is 1. The van der Waals surface area contributed by atoms with Gasteiger partial charge in [0.05, 0.1) is 18.0 Å². The van der Waals surface area contributed by atoms with E-state index in [-0.39, 0.29) is 5.82 Å². The van der Waals surface area contributed by atoms with Gasteiger partial charge in [-0.25, -0.2) is 13.9 Å². The first-order valence-electron chi connectivity index (χ1n) is 11.7. The van der Waals surface area contributed by atoms with Crippen molar-refractivity contribution < 1.29 is 13.9 Å². The molecule has 3 aromatic rings. The number of nitrogens with zero attached hydrogens (tertiary/aromatic N) is 3. The zero-order valence-corrected chi connectivity index (χ0v) is 19.5. The van der Waals surface area contributed by atoms with E-state index in [0.717, 1.165) is 74.4 Å². The van der Waals surface area contributed by atoms with Crippen LogP contribution in [0.15, 0.2) is 54.6 Å². The van der Waals surface area contributed by atoms with Crippen molar-refractivity contribution in [3.05, 3.63) is 77.2 Å². The van der Waals surface area contributed by atoms with Crippen LogP contribution in [-0.2, 0) is 17.6 Å². The smallest absolute Gasteiger partial charge is 0.317 e. The van der Waals surface area contributed by atoms with Crippen molar-refractivity contribution >= 4 is 11.8 Å². The predicted octanol–water partition coefficient (Wildman–Crippen LogP) is 4.11. The van der Waals surface area contributed by atoms with E-state index in [1.165, 1.54) is 6.07 Å². The number of amides is 2. The fourth-order valence-electron chi connectivity index (χ4n) is 4.68. The zero-order chi connectivity index (χ0) is 23.9. The molecule has 2 amide bonds. The molecule has 8 heteroatoms. The molecule has 2 aromatic carbocycles. The largest absolute Gasteiger partial charge is 0.383 e. The molecule has 0 saturated carbocycles. The van der Waals surface area contributed by atoms with Gasteiger partial charge in [-0.15, -0.1) is 0 Å². The number of para-hydroxylation sites is 1. The minimum absolute atomic E-state index is 0.132. The molecule has 180 valence electrons. The van der Waals surface area contributed by atoms with E-state index >= 15 is 0 Å². The molecule has 0 bridgehead atoms. The maximum absolute atomic E-state index is 13.1. The van der Waals surface area contributed by atoms with Gasteiger partial charge in [0.15, 0.2) is 0 Å². The lowest BCUT2D eigenvalue weighted by molar-refractivity contribution is 0.160. The molecule has 1 unspecified atom stereocenters. The van der Waals surface area contributed by atoms with E-state index < -0.39 is 6.03 Å². The highest BCUT2D eigenvalue weighted by Gasteiger charge is 2.24. The number of nitrogens with one attached hydrogen (secondary N) is 1. The van der Waals surface area contributed by atoms with Crippen LogP contribution in [-0.4, -0.2) is 54.1 Å². The number of halogens is 1. The molecule has 2 aliphatic rings. The normalized spacial score (nSPS) is 17.2. The van der Waals surface area contributed by atoms with Crippen molar-refractivity contribution in [3.63, 3.8) is 0 Å². The first-order valence-corrected chi connectivity index (χ1v) is 11.7. The van der Waals surface area contributed by atoms with Crippen LogP contribution in [0.4, 0.5) is 15.0 Å². The van der Waals surface area contributed by atoms with E-state index in [2.05, 4.69) is 15.3 Å². The summed E-state index contributed by atoms with van der Waals surface area (Å²) in [6.45, 7) is 3.86. The Morgan fingerprint density at radius 2 is 2.03 bits per heavy atom. The predicted molar refractivity (Wildman–Crippen MR) is 131 cm³/mol. The number of carbonyl (C=O) groups excluding carboxylic acids is 1. The van der Waals surface area contributed by atoms with Gasteiger partial charge in [0.2, 0.25) is 0 Å². The van der Waals surface area contributed by atoms with Gasteiger partial charge in [0.1, 0.15) is 11.6 Å². The minimum atomic E-state index is -0.554. The topological polar surface area (TPSA) is 85.4 Å². The van der Waals surface area contributed by atoms with Crippen LogP contribution >= 0.6 is 0 Å². The molecule has 1 fully saturated rings. The third kappa shape index (κ3) is 5.81.